The fourth-order valence-electron chi connectivity index (χ4n) is 2.79. The van der Waals surface area contributed by atoms with Crippen LogP contribution in [0.5, 0.6) is 11.5 Å². The maximum absolute atomic E-state index is 5.57. The molecule has 1 aromatic carbocycles. The summed E-state index contributed by atoms with van der Waals surface area (Å²) in [5.41, 5.74) is 2.02. The highest BCUT2D eigenvalue weighted by molar-refractivity contribution is 7.11. The fraction of sp³-hybridized carbons (Fsp3) is 0.176. The van der Waals surface area contributed by atoms with Gasteiger partial charge in [-0.15, -0.1) is 11.3 Å². The van der Waals surface area contributed by atoms with Crippen molar-refractivity contribution < 1.29 is 9.47 Å². The minimum absolute atomic E-state index is 0.110. The molecular formula is C17H16N4O2S. The number of thiophene rings is 1. The van der Waals surface area contributed by atoms with Crippen molar-refractivity contribution in [1.82, 2.24) is 14.8 Å². The topological polar surface area (TPSA) is 61.2 Å². The van der Waals surface area contributed by atoms with Crippen LogP contribution in [0.15, 0.2) is 48.1 Å². The van der Waals surface area contributed by atoms with Crippen molar-refractivity contribution in [3.05, 3.63) is 58.6 Å². The maximum Gasteiger partial charge on any atom is 0.226 e. The Morgan fingerprint density at radius 1 is 1.21 bits per heavy atom. The van der Waals surface area contributed by atoms with Gasteiger partial charge in [-0.3, -0.25) is 0 Å². The van der Waals surface area contributed by atoms with Gasteiger partial charge in [0.25, 0.3) is 0 Å². The number of benzene rings is 1. The number of hydrogen-bond donors (Lipinski definition) is 1. The summed E-state index contributed by atoms with van der Waals surface area (Å²) in [7, 11) is 3.30. The van der Waals surface area contributed by atoms with Crippen molar-refractivity contribution in [2.45, 2.75) is 6.04 Å². The van der Waals surface area contributed by atoms with Crippen molar-refractivity contribution in [3.8, 4) is 11.5 Å². The minimum atomic E-state index is -0.110. The number of allylic oxidation sites excluding steroid dienone is 1. The molecule has 0 saturated heterocycles. The lowest BCUT2D eigenvalue weighted by molar-refractivity contribution is 0.387. The standard InChI is InChI=1S/C17H16N4O2S/c1-22-11-5-6-12(15(8-11)23-2)14-9-13(16-4-3-7-24-16)20-17-18-10-19-21(14)17/h3-10,14H,1-2H3,(H,18,19,20)/t14-/m0/s1. The van der Waals surface area contributed by atoms with Gasteiger partial charge in [-0.05, 0) is 29.7 Å². The highest BCUT2D eigenvalue weighted by Gasteiger charge is 2.26. The predicted octanol–water partition coefficient (Wildman–Crippen LogP) is 3.41. The number of rotatable bonds is 4. The Labute approximate surface area is 143 Å². The van der Waals surface area contributed by atoms with Gasteiger partial charge < -0.3 is 14.8 Å². The molecule has 0 saturated carbocycles. The summed E-state index contributed by atoms with van der Waals surface area (Å²) in [5.74, 6) is 2.22. The maximum atomic E-state index is 5.57. The largest absolute Gasteiger partial charge is 0.497 e. The van der Waals surface area contributed by atoms with Gasteiger partial charge in [0.1, 0.15) is 23.9 Å². The van der Waals surface area contributed by atoms with Crippen LogP contribution >= 0.6 is 11.3 Å². The number of methoxy groups -OCH3 is 2. The van der Waals surface area contributed by atoms with Gasteiger partial charge in [-0.1, -0.05) is 6.07 Å². The van der Waals surface area contributed by atoms with Gasteiger partial charge in [0.2, 0.25) is 5.95 Å². The first-order valence-electron chi connectivity index (χ1n) is 7.44. The van der Waals surface area contributed by atoms with Gasteiger partial charge in [-0.25, -0.2) is 4.68 Å². The second-order valence-electron chi connectivity index (χ2n) is 5.26. The molecule has 0 amide bonds. The number of anilines is 1. The first-order valence-corrected chi connectivity index (χ1v) is 8.32. The summed E-state index contributed by atoms with van der Waals surface area (Å²) < 4.78 is 12.7. The summed E-state index contributed by atoms with van der Waals surface area (Å²) >= 11 is 1.68. The van der Waals surface area contributed by atoms with Crippen molar-refractivity contribution in [2.75, 3.05) is 19.5 Å². The van der Waals surface area contributed by atoms with Crippen LogP contribution in [0.3, 0.4) is 0 Å². The van der Waals surface area contributed by atoms with Crippen LogP contribution in [-0.2, 0) is 0 Å². The highest BCUT2D eigenvalue weighted by Crippen LogP contribution is 2.38. The molecule has 1 aliphatic heterocycles. The van der Waals surface area contributed by atoms with Crippen LogP contribution in [-0.4, -0.2) is 29.0 Å². The van der Waals surface area contributed by atoms with Crippen LogP contribution in [0.2, 0.25) is 0 Å². The third-order valence-corrected chi connectivity index (χ3v) is 4.86. The number of nitrogens with zero attached hydrogens (tertiary/aromatic N) is 3. The lowest BCUT2D eigenvalue weighted by Gasteiger charge is -2.25. The number of ether oxygens (including phenoxy) is 2. The minimum Gasteiger partial charge on any atom is -0.497 e. The zero-order valence-electron chi connectivity index (χ0n) is 13.3. The van der Waals surface area contributed by atoms with Crippen molar-refractivity contribution in [1.29, 1.82) is 0 Å². The van der Waals surface area contributed by atoms with E-state index in [4.69, 9.17) is 9.47 Å². The Kier molecular flexibility index (Phi) is 3.70. The van der Waals surface area contributed by atoms with Gasteiger partial charge >= 0.3 is 0 Å². The molecule has 0 aliphatic carbocycles. The van der Waals surface area contributed by atoms with Crippen LogP contribution in [0.4, 0.5) is 5.95 Å². The van der Waals surface area contributed by atoms with Crippen LogP contribution in [0, 0.1) is 0 Å². The first-order chi connectivity index (χ1) is 11.8. The van der Waals surface area contributed by atoms with E-state index < -0.39 is 0 Å². The summed E-state index contributed by atoms with van der Waals surface area (Å²) in [6.07, 6.45) is 3.69. The molecule has 1 aliphatic rings. The number of aromatic nitrogens is 3. The van der Waals surface area contributed by atoms with E-state index in [1.165, 1.54) is 0 Å². The molecule has 2 aromatic heterocycles. The average molecular weight is 340 g/mol. The molecule has 122 valence electrons. The molecule has 0 spiro atoms. The second kappa shape index (κ2) is 6.01. The number of fused-ring (bicyclic) bond motifs is 1. The SMILES string of the molecule is COc1ccc([C@@H]2C=C(c3cccs3)Nc3ncnn32)c(OC)c1. The van der Waals surface area contributed by atoms with Crippen molar-refractivity contribution in [3.63, 3.8) is 0 Å². The average Bonchev–Trinajstić information content (AvgIpc) is 3.31. The molecule has 4 rings (SSSR count). The van der Waals surface area contributed by atoms with Crippen molar-refractivity contribution in [2.24, 2.45) is 0 Å². The Balaban J connectivity index is 1.84. The van der Waals surface area contributed by atoms with Crippen molar-refractivity contribution >= 4 is 23.0 Å². The predicted molar refractivity (Wildman–Crippen MR) is 93.6 cm³/mol. The lowest BCUT2D eigenvalue weighted by Crippen LogP contribution is -2.20. The molecule has 3 heterocycles. The van der Waals surface area contributed by atoms with E-state index in [1.807, 2.05) is 28.9 Å². The quantitative estimate of drug-likeness (QED) is 0.788. The van der Waals surface area contributed by atoms with Gasteiger partial charge in [-0.2, -0.15) is 10.1 Å². The number of nitrogens with one attached hydrogen (secondary N) is 1. The summed E-state index contributed by atoms with van der Waals surface area (Å²) in [4.78, 5) is 5.48. The molecule has 6 nitrogen and oxygen atoms in total. The van der Waals surface area contributed by atoms with Gasteiger partial charge in [0.15, 0.2) is 0 Å². The van der Waals surface area contributed by atoms with Gasteiger partial charge in [0, 0.05) is 11.6 Å². The third-order valence-electron chi connectivity index (χ3n) is 3.95. The third kappa shape index (κ3) is 2.43. The molecule has 7 heteroatoms. The van der Waals surface area contributed by atoms with Crippen LogP contribution < -0.4 is 14.8 Å². The van der Waals surface area contributed by atoms with E-state index in [0.717, 1.165) is 27.6 Å². The Morgan fingerprint density at radius 2 is 2.12 bits per heavy atom. The molecule has 1 N–H and O–H groups in total. The molecule has 1 atom stereocenters. The number of hydrogen-bond acceptors (Lipinski definition) is 6. The molecular weight excluding hydrogens is 324 g/mol. The first kappa shape index (κ1) is 14.8. The molecule has 3 aromatic rings. The zero-order chi connectivity index (χ0) is 16.5. The Bertz CT molecular complexity index is 886. The van der Waals surface area contributed by atoms with E-state index >= 15 is 0 Å². The molecule has 0 fully saturated rings. The summed E-state index contributed by atoms with van der Waals surface area (Å²) in [6.45, 7) is 0. The smallest absolute Gasteiger partial charge is 0.226 e. The zero-order valence-corrected chi connectivity index (χ0v) is 14.1. The normalized spacial score (nSPS) is 16.1. The molecule has 0 unspecified atom stereocenters. The Morgan fingerprint density at radius 3 is 2.88 bits per heavy atom. The second-order valence-corrected chi connectivity index (χ2v) is 6.21. The van der Waals surface area contributed by atoms with E-state index in [0.29, 0.717) is 5.95 Å². The van der Waals surface area contributed by atoms with E-state index in [-0.39, 0.29) is 6.04 Å². The van der Waals surface area contributed by atoms with E-state index in [9.17, 15) is 0 Å². The molecule has 0 bridgehead atoms. The van der Waals surface area contributed by atoms with E-state index in [2.05, 4.69) is 32.9 Å². The van der Waals surface area contributed by atoms with Crippen LogP contribution in [0.1, 0.15) is 16.5 Å². The summed E-state index contributed by atoms with van der Waals surface area (Å²) in [5, 5.41) is 9.75. The molecule has 0 radical (unpaired) electrons. The highest BCUT2D eigenvalue weighted by atomic mass is 32.1. The molecule has 24 heavy (non-hydrogen) atoms. The van der Waals surface area contributed by atoms with Crippen LogP contribution in [0.25, 0.3) is 5.70 Å². The van der Waals surface area contributed by atoms with E-state index in [1.54, 1.807) is 31.9 Å². The van der Waals surface area contributed by atoms with Gasteiger partial charge in [0.05, 0.1) is 24.8 Å². The Hall–Kier alpha value is -2.80. The summed E-state index contributed by atoms with van der Waals surface area (Å²) in [6, 6.07) is 9.81. The lowest BCUT2D eigenvalue weighted by atomic mass is 10.0. The fourth-order valence-corrected chi connectivity index (χ4v) is 3.50. The monoisotopic (exact) mass is 340 g/mol.